The van der Waals surface area contributed by atoms with Crippen LogP contribution in [0.25, 0.3) is 0 Å². The molecule has 1 aliphatic carbocycles. The first kappa shape index (κ1) is 9.52. The smallest absolute Gasteiger partial charge is 0.339 e. The summed E-state index contributed by atoms with van der Waals surface area (Å²) in [6.45, 7) is 0. The Morgan fingerprint density at radius 1 is 1.57 bits per heavy atom. The lowest BCUT2D eigenvalue weighted by Crippen LogP contribution is -2.01. The summed E-state index contributed by atoms with van der Waals surface area (Å²) in [5, 5.41) is 1.73. The second-order valence-corrected chi connectivity index (χ2v) is 4.51. The van der Waals surface area contributed by atoms with Crippen molar-refractivity contribution < 1.29 is 9.53 Å². The highest BCUT2D eigenvalue weighted by atomic mass is 32.2. The Kier molecular flexibility index (Phi) is 2.72. The van der Waals surface area contributed by atoms with Gasteiger partial charge in [-0.05, 0) is 25.0 Å². The Hall–Kier alpha value is -1.03. The van der Waals surface area contributed by atoms with Gasteiger partial charge < -0.3 is 4.74 Å². The van der Waals surface area contributed by atoms with Crippen LogP contribution in [-0.2, 0) is 4.74 Å². The molecule has 4 heteroatoms. The Bertz CT molecular complexity index is 332. The molecule has 1 aromatic rings. The number of aromatic nitrogens is 1. The molecule has 1 aromatic heterocycles. The number of ether oxygens (including phenoxy) is 1. The molecule has 0 radical (unpaired) electrons. The number of carbonyl (C=O) groups is 1. The first-order chi connectivity index (χ1) is 6.79. The van der Waals surface area contributed by atoms with Crippen molar-refractivity contribution >= 4 is 17.7 Å². The summed E-state index contributed by atoms with van der Waals surface area (Å²) in [6, 6.07) is 3.62. The van der Waals surface area contributed by atoms with Gasteiger partial charge in [-0.3, -0.25) is 0 Å². The van der Waals surface area contributed by atoms with E-state index >= 15 is 0 Å². The fourth-order valence-corrected chi connectivity index (χ4v) is 2.02. The standard InChI is InChI=1S/C10H11NO2S/c1-13-10(12)7-2-5-9(11-6-7)14-8-3-4-8/h2,5-6,8H,3-4H2,1H3. The summed E-state index contributed by atoms with van der Waals surface area (Å²) in [4.78, 5) is 15.3. The van der Waals surface area contributed by atoms with Crippen LogP contribution in [0.2, 0.25) is 0 Å². The first-order valence-electron chi connectivity index (χ1n) is 4.50. The molecule has 0 aromatic carbocycles. The first-order valence-corrected chi connectivity index (χ1v) is 5.38. The van der Waals surface area contributed by atoms with E-state index in [0.717, 1.165) is 10.3 Å². The van der Waals surface area contributed by atoms with Gasteiger partial charge in [-0.2, -0.15) is 0 Å². The van der Waals surface area contributed by atoms with Crippen molar-refractivity contribution in [3.63, 3.8) is 0 Å². The SMILES string of the molecule is COC(=O)c1ccc(SC2CC2)nc1. The minimum absolute atomic E-state index is 0.333. The lowest BCUT2D eigenvalue weighted by atomic mass is 10.3. The lowest BCUT2D eigenvalue weighted by molar-refractivity contribution is 0.0600. The average molecular weight is 209 g/mol. The number of nitrogens with zero attached hydrogens (tertiary/aromatic N) is 1. The molecule has 3 nitrogen and oxygen atoms in total. The predicted octanol–water partition coefficient (Wildman–Crippen LogP) is 2.12. The third-order valence-electron chi connectivity index (χ3n) is 1.97. The van der Waals surface area contributed by atoms with Crippen LogP contribution in [0, 0.1) is 0 Å². The molecule has 0 N–H and O–H groups in total. The molecule has 14 heavy (non-hydrogen) atoms. The van der Waals surface area contributed by atoms with Gasteiger partial charge in [0.1, 0.15) is 0 Å². The van der Waals surface area contributed by atoms with Gasteiger partial charge in [-0.1, -0.05) is 0 Å². The molecule has 0 atom stereocenters. The van der Waals surface area contributed by atoms with Gasteiger partial charge in [0, 0.05) is 11.4 Å². The van der Waals surface area contributed by atoms with Crippen LogP contribution in [-0.4, -0.2) is 23.3 Å². The van der Waals surface area contributed by atoms with E-state index in [-0.39, 0.29) is 5.97 Å². The highest BCUT2D eigenvalue weighted by Crippen LogP contribution is 2.38. The number of methoxy groups -OCH3 is 1. The molecular weight excluding hydrogens is 198 g/mol. The molecule has 0 aliphatic heterocycles. The quantitative estimate of drug-likeness (QED) is 0.715. The van der Waals surface area contributed by atoms with Crippen molar-refractivity contribution in [3.05, 3.63) is 23.9 Å². The van der Waals surface area contributed by atoms with Crippen molar-refractivity contribution in [1.29, 1.82) is 0 Å². The highest BCUT2D eigenvalue weighted by Gasteiger charge is 2.23. The van der Waals surface area contributed by atoms with Gasteiger partial charge >= 0.3 is 5.97 Å². The molecule has 1 saturated carbocycles. The fourth-order valence-electron chi connectivity index (χ4n) is 1.05. The van der Waals surface area contributed by atoms with Crippen molar-refractivity contribution in [3.8, 4) is 0 Å². The molecule has 0 saturated heterocycles. The molecule has 0 spiro atoms. The van der Waals surface area contributed by atoms with Crippen LogP contribution in [0.15, 0.2) is 23.4 Å². The molecule has 0 unspecified atom stereocenters. The Morgan fingerprint density at radius 2 is 2.36 bits per heavy atom. The second kappa shape index (κ2) is 4.00. The normalized spacial score (nSPS) is 15.2. The summed E-state index contributed by atoms with van der Waals surface area (Å²) in [7, 11) is 1.37. The Balaban J connectivity index is 2.04. The zero-order valence-electron chi connectivity index (χ0n) is 7.90. The van der Waals surface area contributed by atoms with Gasteiger partial charge in [-0.25, -0.2) is 9.78 Å². The third kappa shape index (κ3) is 2.26. The topological polar surface area (TPSA) is 39.2 Å². The van der Waals surface area contributed by atoms with E-state index < -0.39 is 0 Å². The number of hydrogen-bond acceptors (Lipinski definition) is 4. The zero-order chi connectivity index (χ0) is 9.97. The molecular formula is C10H11NO2S. The maximum atomic E-state index is 11.1. The number of hydrogen-bond donors (Lipinski definition) is 0. The average Bonchev–Trinajstić information content (AvgIpc) is 3.02. The number of esters is 1. The molecule has 0 amide bonds. The second-order valence-electron chi connectivity index (χ2n) is 3.19. The summed E-state index contributed by atoms with van der Waals surface area (Å²) in [5.74, 6) is -0.333. The van der Waals surface area contributed by atoms with Crippen LogP contribution in [0.4, 0.5) is 0 Å². The molecule has 2 rings (SSSR count). The van der Waals surface area contributed by atoms with Gasteiger partial charge in [-0.15, -0.1) is 11.8 Å². The van der Waals surface area contributed by atoms with Crippen molar-refractivity contribution in [2.75, 3.05) is 7.11 Å². The summed E-state index contributed by atoms with van der Waals surface area (Å²) < 4.78 is 4.58. The maximum absolute atomic E-state index is 11.1. The number of pyridine rings is 1. The van der Waals surface area contributed by atoms with E-state index in [9.17, 15) is 4.79 Å². The predicted molar refractivity (Wildman–Crippen MR) is 54.5 cm³/mol. The number of carbonyl (C=O) groups excluding carboxylic acids is 1. The van der Waals surface area contributed by atoms with Gasteiger partial charge in [0.05, 0.1) is 17.7 Å². The Morgan fingerprint density at radius 3 is 2.86 bits per heavy atom. The third-order valence-corrected chi connectivity index (χ3v) is 3.26. The van der Waals surface area contributed by atoms with Gasteiger partial charge in [0.25, 0.3) is 0 Å². The van der Waals surface area contributed by atoms with E-state index in [1.54, 1.807) is 24.0 Å². The molecule has 1 aliphatic rings. The highest BCUT2D eigenvalue weighted by molar-refractivity contribution is 8.00. The van der Waals surface area contributed by atoms with Crippen molar-refractivity contribution in [1.82, 2.24) is 4.98 Å². The fraction of sp³-hybridized carbons (Fsp3) is 0.400. The monoisotopic (exact) mass is 209 g/mol. The van der Waals surface area contributed by atoms with Gasteiger partial charge in [0.2, 0.25) is 0 Å². The van der Waals surface area contributed by atoms with E-state index in [2.05, 4.69) is 9.72 Å². The van der Waals surface area contributed by atoms with Crippen molar-refractivity contribution in [2.45, 2.75) is 23.1 Å². The Labute approximate surface area is 86.9 Å². The lowest BCUT2D eigenvalue weighted by Gasteiger charge is -2.00. The molecule has 74 valence electrons. The molecule has 0 bridgehead atoms. The minimum atomic E-state index is -0.333. The zero-order valence-corrected chi connectivity index (χ0v) is 8.71. The van der Waals surface area contributed by atoms with E-state index in [1.807, 2.05) is 6.07 Å². The molecule has 1 fully saturated rings. The van der Waals surface area contributed by atoms with Crippen LogP contribution in [0.5, 0.6) is 0 Å². The molecule has 1 heterocycles. The summed E-state index contributed by atoms with van der Waals surface area (Å²) in [5.41, 5.74) is 0.507. The van der Waals surface area contributed by atoms with Crippen LogP contribution >= 0.6 is 11.8 Å². The van der Waals surface area contributed by atoms with Gasteiger partial charge in [0.15, 0.2) is 0 Å². The van der Waals surface area contributed by atoms with Crippen LogP contribution in [0.1, 0.15) is 23.2 Å². The minimum Gasteiger partial charge on any atom is -0.465 e. The summed E-state index contributed by atoms with van der Waals surface area (Å²) >= 11 is 1.77. The van der Waals surface area contributed by atoms with Crippen LogP contribution < -0.4 is 0 Å². The maximum Gasteiger partial charge on any atom is 0.339 e. The largest absolute Gasteiger partial charge is 0.465 e. The van der Waals surface area contributed by atoms with Crippen molar-refractivity contribution in [2.24, 2.45) is 0 Å². The van der Waals surface area contributed by atoms with E-state index in [0.29, 0.717) is 5.56 Å². The van der Waals surface area contributed by atoms with E-state index in [4.69, 9.17) is 0 Å². The van der Waals surface area contributed by atoms with Crippen LogP contribution in [0.3, 0.4) is 0 Å². The van der Waals surface area contributed by atoms with E-state index in [1.165, 1.54) is 20.0 Å². The summed E-state index contributed by atoms with van der Waals surface area (Å²) in [6.07, 6.45) is 4.13. The number of thioether (sulfide) groups is 1. The number of rotatable bonds is 3.